The van der Waals surface area contributed by atoms with Gasteiger partial charge in [0.2, 0.25) is 5.91 Å². The standard InChI is InChI=1S/C19H16N2O3S2/c1-25-16-10-3-2-8-14(16)20-18(22)12-21-15-9-4-6-13-7-5-11-17(19(13)15)26(21,23)24/h2-11H,12H2,1H3,(H,20,22). The van der Waals surface area contributed by atoms with E-state index in [0.717, 1.165) is 10.3 Å². The third kappa shape index (κ3) is 2.64. The van der Waals surface area contributed by atoms with E-state index in [1.165, 1.54) is 16.1 Å². The molecule has 0 aliphatic carbocycles. The zero-order valence-corrected chi connectivity index (χ0v) is 15.6. The highest BCUT2D eigenvalue weighted by molar-refractivity contribution is 7.98. The summed E-state index contributed by atoms with van der Waals surface area (Å²) in [6, 6.07) is 18.0. The molecule has 1 aliphatic rings. The number of para-hydroxylation sites is 1. The van der Waals surface area contributed by atoms with Gasteiger partial charge in [0.05, 0.1) is 16.3 Å². The first-order valence-corrected chi connectivity index (χ1v) is 10.7. The Labute approximate surface area is 156 Å². The van der Waals surface area contributed by atoms with Gasteiger partial charge in [-0.15, -0.1) is 11.8 Å². The van der Waals surface area contributed by atoms with Crippen molar-refractivity contribution in [3.63, 3.8) is 0 Å². The Morgan fingerprint density at radius 3 is 2.54 bits per heavy atom. The average molecular weight is 384 g/mol. The number of carbonyl (C=O) groups excluding carboxylic acids is 1. The molecular formula is C19H16N2O3S2. The lowest BCUT2D eigenvalue weighted by atomic mass is 10.1. The molecule has 0 spiro atoms. The van der Waals surface area contributed by atoms with Crippen molar-refractivity contribution in [2.45, 2.75) is 9.79 Å². The molecule has 0 radical (unpaired) electrons. The van der Waals surface area contributed by atoms with E-state index in [-0.39, 0.29) is 17.3 Å². The van der Waals surface area contributed by atoms with Crippen LogP contribution in [0, 0.1) is 0 Å². The fraction of sp³-hybridized carbons (Fsp3) is 0.105. The quantitative estimate of drug-likeness (QED) is 0.697. The van der Waals surface area contributed by atoms with E-state index in [1.54, 1.807) is 30.3 Å². The Morgan fingerprint density at radius 2 is 1.77 bits per heavy atom. The van der Waals surface area contributed by atoms with Gasteiger partial charge in [-0.3, -0.25) is 9.10 Å². The van der Waals surface area contributed by atoms with Crippen LogP contribution in [0.15, 0.2) is 70.5 Å². The van der Waals surface area contributed by atoms with Crippen LogP contribution in [0.25, 0.3) is 10.8 Å². The van der Waals surface area contributed by atoms with E-state index in [1.807, 2.05) is 36.6 Å². The second-order valence-corrected chi connectivity index (χ2v) is 8.57. The van der Waals surface area contributed by atoms with E-state index in [4.69, 9.17) is 0 Å². The Kier molecular flexibility index (Phi) is 4.13. The lowest BCUT2D eigenvalue weighted by Crippen LogP contribution is -2.35. The van der Waals surface area contributed by atoms with Crippen LogP contribution in [-0.2, 0) is 14.8 Å². The molecule has 0 aromatic heterocycles. The summed E-state index contributed by atoms with van der Waals surface area (Å²) < 4.78 is 27.0. The number of nitrogens with zero attached hydrogens (tertiary/aromatic N) is 1. The summed E-state index contributed by atoms with van der Waals surface area (Å²) in [7, 11) is -3.73. The van der Waals surface area contributed by atoms with Crippen LogP contribution in [0.3, 0.4) is 0 Å². The first kappa shape index (κ1) is 16.9. The fourth-order valence-electron chi connectivity index (χ4n) is 3.20. The molecule has 0 atom stereocenters. The van der Waals surface area contributed by atoms with Crippen LogP contribution in [0.1, 0.15) is 0 Å². The van der Waals surface area contributed by atoms with Gasteiger partial charge in [-0.05, 0) is 35.9 Å². The number of nitrogens with one attached hydrogen (secondary N) is 1. The fourth-order valence-corrected chi connectivity index (χ4v) is 5.42. The van der Waals surface area contributed by atoms with Crippen molar-refractivity contribution in [2.24, 2.45) is 0 Å². The summed E-state index contributed by atoms with van der Waals surface area (Å²) in [4.78, 5) is 13.7. The Morgan fingerprint density at radius 1 is 1.04 bits per heavy atom. The average Bonchev–Trinajstić information content (AvgIpc) is 2.86. The Bertz CT molecular complexity index is 1120. The second-order valence-electron chi connectivity index (χ2n) is 5.89. The van der Waals surface area contributed by atoms with Gasteiger partial charge >= 0.3 is 0 Å². The zero-order valence-electron chi connectivity index (χ0n) is 14.0. The van der Waals surface area contributed by atoms with E-state index in [2.05, 4.69) is 5.32 Å². The van der Waals surface area contributed by atoms with E-state index >= 15 is 0 Å². The first-order valence-electron chi connectivity index (χ1n) is 8.00. The molecule has 132 valence electrons. The minimum atomic E-state index is -3.73. The van der Waals surface area contributed by atoms with Crippen LogP contribution in [0.4, 0.5) is 11.4 Å². The molecule has 1 N–H and O–H groups in total. The summed E-state index contributed by atoms with van der Waals surface area (Å²) in [5, 5.41) is 4.34. The summed E-state index contributed by atoms with van der Waals surface area (Å²) in [6.45, 7) is -0.265. The van der Waals surface area contributed by atoms with Crippen molar-refractivity contribution in [3.8, 4) is 0 Å². The number of carbonyl (C=O) groups is 1. The number of sulfonamides is 1. The number of anilines is 2. The van der Waals surface area contributed by atoms with Gasteiger partial charge in [0.15, 0.2) is 0 Å². The maximum atomic E-state index is 12.9. The van der Waals surface area contributed by atoms with Gasteiger partial charge in [0, 0.05) is 10.3 Å². The van der Waals surface area contributed by atoms with Gasteiger partial charge in [0.25, 0.3) is 10.0 Å². The largest absolute Gasteiger partial charge is 0.323 e. The minimum absolute atomic E-state index is 0.253. The number of thioether (sulfide) groups is 1. The summed E-state index contributed by atoms with van der Waals surface area (Å²) >= 11 is 1.52. The summed E-state index contributed by atoms with van der Waals surface area (Å²) in [6.07, 6.45) is 1.92. The SMILES string of the molecule is CSc1ccccc1NC(=O)CN1c2cccc3cccc(c23)S1(=O)=O. The van der Waals surface area contributed by atoms with Crippen LogP contribution in [0.5, 0.6) is 0 Å². The van der Waals surface area contributed by atoms with Gasteiger partial charge < -0.3 is 5.32 Å². The number of hydrogen-bond donors (Lipinski definition) is 1. The second kappa shape index (κ2) is 6.34. The summed E-state index contributed by atoms with van der Waals surface area (Å²) in [5.74, 6) is -0.375. The Hall–Kier alpha value is -2.51. The van der Waals surface area contributed by atoms with Gasteiger partial charge in [-0.25, -0.2) is 8.42 Å². The maximum absolute atomic E-state index is 12.9. The van der Waals surface area contributed by atoms with E-state index < -0.39 is 10.0 Å². The van der Waals surface area contributed by atoms with Crippen molar-refractivity contribution in [3.05, 3.63) is 60.7 Å². The molecule has 0 fully saturated rings. The molecule has 4 rings (SSSR count). The monoisotopic (exact) mass is 384 g/mol. The molecule has 26 heavy (non-hydrogen) atoms. The molecule has 0 unspecified atom stereocenters. The van der Waals surface area contributed by atoms with Crippen LogP contribution < -0.4 is 9.62 Å². The minimum Gasteiger partial charge on any atom is -0.323 e. The highest BCUT2D eigenvalue weighted by atomic mass is 32.2. The van der Waals surface area contributed by atoms with Crippen molar-refractivity contribution in [2.75, 3.05) is 22.4 Å². The Balaban J connectivity index is 1.67. The lowest BCUT2D eigenvalue weighted by molar-refractivity contribution is -0.114. The molecule has 1 amide bonds. The molecule has 7 heteroatoms. The zero-order chi connectivity index (χ0) is 18.3. The van der Waals surface area contributed by atoms with Crippen molar-refractivity contribution in [1.82, 2.24) is 0 Å². The molecule has 3 aromatic rings. The third-order valence-electron chi connectivity index (χ3n) is 4.35. The number of amides is 1. The van der Waals surface area contributed by atoms with Crippen molar-refractivity contribution < 1.29 is 13.2 Å². The molecule has 3 aromatic carbocycles. The topological polar surface area (TPSA) is 66.5 Å². The van der Waals surface area contributed by atoms with E-state index in [0.29, 0.717) is 16.8 Å². The molecule has 0 saturated heterocycles. The molecule has 0 bridgehead atoms. The van der Waals surface area contributed by atoms with Gasteiger partial charge in [-0.1, -0.05) is 36.4 Å². The molecule has 1 heterocycles. The normalized spacial score (nSPS) is 14.6. The predicted molar refractivity (Wildman–Crippen MR) is 105 cm³/mol. The maximum Gasteiger partial charge on any atom is 0.265 e. The number of rotatable bonds is 4. The van der Waals surface area contributed by atoms with Gasteiger partial charge in [0.1, 0.15) is 6.54 Å². The number of benzene rings is 3. The van der Waals surface area contributed by atoms with Crippen molar-refractivity contribution >= 4 is 49.8 Å². The van der Waals surface area contributed by atoms with Crippen LogP contribution in [-0.4, -0.2) is 27.1 Å². The highest BCUT2D eigenvalue weighted by Gasteiger charge is 2.36. The number of hydrogen-bond acceptors (Lipinski definition) is 4. The first-order chi connectivity index (χ1) is 12.5. The smallest absolute Gasteiger partial charge is 0.265 e. The highest BCUT2D eigenvalue weighted by Crippen LogP contribution is 2.41. The van der Waals surface area contributed by atoms with Crippen LogP contribution >= 0.6 is 11.8 Å². The summed E-state index contributed by atoms with van der Waals surface area (Å²) in [5.41, 5.74) is 1.23. The molecule has 1 aliphatic heterocycles. The third-order valence-corrected chi connectivity index (χ3v) is 6.95. The predicted octanol–water partition coefficient (Wildman–Crippen LogP) is 3.71. The lowest BCUT2D eigenvalue weighted by Gasteiger charge is -2.18. The van der Waals surface area contributed by atoms with Gasteiger partial charge in [-0.2, -0.15) is 0 Å². The molecule has 0 saturated carbocycles. The molecule has 5 nitrogen and oxygen atoms in total. The van der Waals surface area contributed by atoms with E-state index in [9.17, 15) is 13.2 Å². The van der Waals surface area contributed by atoms with Crippen molar-refractivity contribution in [1.29, 1.82) is 0 Å². The van der Waals surface area contributed by atoms with Crippen LogP contribution in [0.2, 0.25) is 0 Å². The molecular weight excluding hydrogens is 368 g/mol.